The molecule has 8 nitrogen and oxygen atoms in total. The fourth-order valence-electron chi connectivity index (χ4n) is 6.07. The first-order valence-electron chi connectivity index (χ1n) is 12.7. The van der Waals surface area contributed by atoms with E-state index in [1.165, 1.54) is 6.42 Å². The largest absolute Gasteiger partial charge is 0.381 e. The second-order valence-corrected chi connectivity index (χ2v) is 10.5. The quantitative estimate of drug-likeness (QED) is 0.677. The Kier molecular flexibility index (Phi) is 6.10. The molecule has 2 unspecified atom stereocenters. The third kappa shape index (κ3) is 4.38. The van der Waals surface area contributed by atoms with E-state index in [4.69, 9.17) is 16.3 Å². The van der Waals surface area contributed by atoms with E-state index in [1.807, 2.05) is 18.2 Å². The van der Waals surface area contributed by atoms with E-state index < -0.39 is 0 Å². The summed E-state index contributed by atoms with van der Waals surface area (Å²) in [6, 6.07) is 6.71. The van der Waals surface area contributed by atoms with Crippen LogP contribution in [-0.4, -0.2) is 69.5 Å². The Balaban J connectivity index is 1.18. The van der Waals surface area contributed by atoms with Gasteiger partial charge in [-0.25, -0.2) is 9.97 Å². The predicted octanol–water partition coefficient (Wildman–Crippen LogP) is 3.89. The number of fused-ring (bicyclic) bond motifs is 3. The minimum absolute atomic E-state index is 0.0845. The van der Waals surface area contributed by atoms with Gasteiger partial charge in [-0.3, -0.25) is 9.59 Å². The zero-order valence-electron chi connectivity index (χ0n) is 19.7. The molecule has 0 radical (unpaired) electrons. The van der Waals surface area contributed by atoms with Gasteiger partial charge in [0.25, 0.3) is 5.91 Å². The number of nitrogens with zero attached hydrogens (tertiary/aromatic N) is 4. The van der Waals surface area contributed by atoms with Crippen molar-refractivity contribution in [2.45, 2.75) is 69.6 Å². The van der Waals surface area contributed by atoms with Crippen LogP contribution in [0.15, 0.2) is 24.4 Å². The van der Waals surface area contributed by atoms with Crippen molar-refractivity contribution < 1.29 is 14.3 Å². The van der Waals surface area contributed by atoms with Crippen LogP contribution in [0.2, 0.25) is 5.02 Å². The number of carbonyl (C=O) groups excluding carboxylic acids is 2. The molecule has 2 bridgehead atoms. The summed E-state index contributed by atoms with van der Waals surface area (Å²) < 4.78 is 5.42. The standard InChI is InChI=1S/C26H30ClN5O3/c27-22-13-28-26(29-18-8-10-35-11-9-18)30-24(22)16-4-5-17-14-31(25(34)21(17)12-16)15-23(33)32-19-2-1-3-20(32)7-6-19/h4-5,12-13,18-20H,1-3,6-11,14-15H2,(H,28,29,30). The molecular weight excluding hydrogens is 466 g/mol. The molecule has 2 amide bonds. The van der Waals surface area contributed by atoms with Gasteiger partial charge in [0.1, 0.15) is 6.54 Å². The summed E-state index contributed by atoms with van der Waals surface area (Å²) in [6.45, 7) is 2.05. The fraction of sp³-hybridized carbons (Fsp3) is 0.538. The number of ether oxygens (including phenoxy) is 1. The number of aromatic nitrogens is 2. The minimum atomic E-state index is -0.106. The number of piperidine rings is 1. The maximum atomic E-state index is 13.3. The summed E-state index contributed by atoms with van der Waals surface area (Å²) in [7, 11) is 0. The molecule has 35 heavy (non-hydrogen) atoms. The molecule has 3 fully saturated rings. The number of rotatable bonds is 5. The van der Waals surface area contributed by atoms with Gasteiger partial charge in [0.2, 0.25) is 11.9 Å². The summed E-state index contributed by atoms with van der Waals surface area (Å²) in [5.74, 6) is 0.498. The molecule has 1 N–H and O–H groups in total. The maximum absolute atomic E-state index is 13.3. The van der Waals surface area contributed by atoms with E-state index >= 15 is 0 Å². The molecule has 4 aliphatic heterocycles. The normalized spacial score (nSPS) is 24.1. The molecule has 9 heteroatoms. The monoisotopic (exact) mass is 495 g/mol. The zero-order valence-corrected chi connectivity index (χ0v) is 20.5. The Morgan fingerprint density at radius 2 is 1.89 bits per heavy atom. The van der Waals surface area contributed by atoms with E-state index in [1.54, 1.807) is 11.1 Å². The average Bonchev–Trinajstić information content (AvgIpc) is 3.32. The summed E-state index contributed by atoms with van der Waals surface area (Å²) >= 11 is 6.46. The first kappa shape index (κ1) is 22.7. The number of benzene rings is 1. The summed E-state index contributed by atoms with van der Waals surface area (Å²) in [5.41, 5.74) is 2.90. The lowest BCUT2D eigenvalue weighted by molar-refractivity contribution is -0.136. The van der Waals surface area contributed by atoms with Crippen molar-refractivity contribution in [2.24, 2.45) is 0 Å². The van der Waals surface area contributed by atoms with Crippen LogP contribution in [0.1, 0.15) is 60.9 Å². The number of hydrogen-bond acceptors (Lipinski definition) is 6. The van der Waals surface area contributed by atoms with E-state index in [9.17, 15) is 9.59 Å². The van der Waals surface area contributed by atoms with Gasteiger partial charge in [-0.1, -0.05) is 23.7 Å². The predicted molar refractivity (Wildman–Crippen MR) is 132 cm³/mol. The molecule has 184 valence electrons. The second-order valence-electron chi connectivity index (χ2n) is 10.1. The number of hydrogen-bond donors (Lipinski definition) is 1. The third-order valence-electron chi connectivity index (χ3n) is 7.87. The van der Waals surface area contributed by atoms with Crippen molar-refractivity contribution in [3.05, 3.63) is 40.5 Å². The van der Waals surface area contributed by atoms with Gasteiger partial charge in [-0.15, -0.1) is 0 Å². The van der Waals surface area contributed by atoms with Gasteiger partial charge in [0.05, 0.1) is 16.9 Å². The maximum Gasteiger partial charge on any atom is 0.254 e. The molecular formula is C26H30ClN5O3. The van der Waals surface area contributed by atoms with E-state index in [0.717, 1.165) is 62.9 Å². The molecule has 0 aliphatic carbocycles. The molecule has 0 saturated carbocycles. The molecule has 0 spiro atoms. The van der Waals surface area contributed by atoms with Crippen LogP contribution < -0.4 is 5.32 Å². The number of amides is 2. The number of carbonyl (C=O) groups is 2. The van der Waals surface area contributed by atoms with E-state index in [2.05, 4.69) is 20.2 Å². The lowest BCUT2D eigenvalue weighted by Gasteiger charge is -2.35. The highest BCUT2D eigenvalue weighted by molar-refractivity contribution is 6.33. The molecule has 1 aromatic heterocycles. The molecule has 2 atom stereocenters. The van der Waals surface area contributed by atoms with Crippen molar-refractivity contribution in [1.82, 2.24) is 19.8 Å². The summed E-state index contributed by atoms with van der Waals surface area (Å²) in [6.07, 6.45) is 8.98. The third-order valence-corrected chi connectivity index (χ3v) is 8.15. The highest BCUT2D eigenvalue weighted by atomic mass is 35.5. The molecule has 6 rings (SSSR count). The lowest BCUT2D eigenvalue weighted by atomic mass is 10.0. The Hall–Kier alpha value is -2.71. The van der Waals surface area contributed by atoms with Crippen LogP contribution in [0.3, 0.4) is 0 Å². The first-order chi connectivity index (χ1) is 17.1. The first-order valence-corrected chi connectivity index (χ1v) is 13.0. The van der Waals surface area contributed by atoms with Crippen LogP contribution >= 0.6 is 11.6 Å². The Morgan fingerprint density at radius 1 is 1.11 bits per heavy atom. The van der Waals surface area contributed by atoms with Gasteiger partial charge in [-0.2, -0.15) is 0 Å². The van der Waals surface area contributed by atoms with Crippen LogP contribution in [-0.2, 0) is 16.1 Å². The van der Waals surface area contributed by atoms with Crippen molar-refractivity contribution in [2.75, 3.05) is 25.1 Å². The smallest absolute Gasteiger partial charge is 0.254 e. The van der Waals surface area contributed by atoms with Gasteiger partial charge < -0.3 is 19.9 Å². The summed E-state index contributed by atoms with van der Waals surface area (Å²) in [5, 5.41) is 3.80. The van der Waals surface area contributed by atoms with Crippen molar-refractivity contribution in [3.63, 3.8) is 0 Å². The lowest BCUT2D eigenvalue weighted by Crippen LogP contribution is -2.48. The SMILES string of the molecule is O=C1c2cc(-c3nc(NC4CCOCC4)ncc3Cl)ccc2CN1CC(=O)N1C2CCCC1CC2. The van der Waals surface area contributed by atoms with Crippen LogP contribution in [0.25, 0.3) is 11.3 Å². The highest BCUT2D eigenvalue weighted by Crippen LogP contribution is 2.36. The van der Waals surface area contributed by atoms with Crippen LogP contribution in [0.5, 0.6) is 0 Å². The second kappa shape index (κ2) is 9.39. The van der Waals surface area contributed by atoms with Crippen LogP contribution in [0.4, 0.5) is 5.95 Å². The summed E-state index contributed by atoms with van der Waals surface area (Å²) in [4.78, 5) is 39.1. The molecule has 5 heterocycles. The number of halogens is 1. The van der Waals surface area contributed by atoms with Crippen molar-refractivity contribution >= 4 is 29.4 Å². The Labute approximate surface area is 210 Å². The minimum Gasteiger partial charge on any atom is -0.381 e. The zero-order chi connectivity index (χ0) is 23.9. The molecule has 2 aromatic rings. The number of anilines is 1. The number of nitrogens with one attached hydrogen (secondary N) is 1. The molecule has 4 aliphatic rings. The topological polar surface area (TPSA) is 87.7 Å². The molecule has 3 saturated heterocycles. The van der Waals surface area contributed by atoms with Gasteiger partial charge in [0.15, 0.2) is 0 Å². The van der Waals surface area contributed by atoms with Gasteiger partial charge in [0, 0.05) is 49.0 Å². The average molecular weight is 496 g/mol. The van der Waals surface area contributed by atoms with Crippen molar-refractivity contribution in [1.29, 1.82) is 0 Å². The van der Waals surface area contributed by atoms with E-state index in [-0.39, 0.29) is 24.4 Å². The highest BCUT2D eigenvalue weighted by Gasteiger charge is 2.40. The van der Waals surface area contributed by atoms with Crippen molar-refractivity contribution in [3.8, 4) is 11.3 Å². The van der Waals surface area contributed by atoms with E-state index in [0.29, 0.717) is 40.9 Å². The van der Waals surface area contributed by atoms with Gasteiger partial charge in [-0.05, 0) is 56.6 Å². The molecule has 1 aromatic carbocycles. The Bertz CT molecular complexity index is 1140. The van der Waals surface area contributed by atoms with Crippen LogP contribution in [0, 0.1) is 0 Å². The Morgan fingerprint density at radius 3 is 2.66 bits per heavy atom. The fourth-order valence-corrected chi connectivity index (χ4v) is 6.27. The van der Waals surface area contributed by atoms with Gasteiger partial charge >= 0.3 is 0 Å².